The molecule has 1 aromatic heterocycles. The van der Waals surface area contributed by atoms with Gasteiger partial charge in [-0.05, 0) is 49.8 Å². The van der Waals surface area contributed by atoms with E-state index < -0.39 is 5.97 Å². The number of aryl methyl sites for hydroxylation is 2. The standard InChI is InChI=1S/C25H29NO7/c1-14(25(27)28)10-17-12-20(32-7)24(33-13-29-4)21-15(2)22(26(3)23(17)21)16-8-9-18(30-5)19(11-16)31-6/h8-12H,13H2,1-7H3,(H,27,28)/b14-10+. The van der Waals surface area contributed by atoms with Crippen molar-refractivity contribution in [3.8, 4) is 34.3 Å². The predicted molar refractivity (Wildman–Crippen MR) is 127 cm³/mol. The van der Waals surface area contributed by atoms with Crippen LogP contribution < -0.4 is 18.9 Å². The van der Waals surface area contributed by atoms with Crippen molar-refractivity contribution >= 4 is 22.9 Å². The predicted octanol–water partition coefficient (Wildman–Crippen LogP) is 4.65. The Morgan fingerprint density at radius 2 is 1.70 bits per heavy atom. The largest absolute Gasteiger partial charge is 0.493 e. The van der Waals surface area contributed by atoms with Crippen LogP contribution in [0.5, 0.6) is 23.0 Å². The number of hydrogen-bond donors (Lipinski definition) is 1. The minimum atomic E-state index is -0.993. The summed E-state index contributed by atoms with van der Waals surface area (Å²) in [5, 5.41) is 10.3. The van der Waals surface area contributed by atoms with E-state index in [2.05, 4.69) is 0 Å². The fraction of sp³-hybridized carbons (Fsp3) is 0.320. The highest BCUT2D eigenvalue weighted by Gasteiger charge is 2.24. The number of benzene rings is 2. The number of rotatable bonds is 9. The third-order valence-electron chi connectivity index (χ3n) is 5.56. The van der Waals surface area contributed by atoms with Gasteiger partial charge in [0.05, 0.1) is 32.5 Å². The Bertz CT molecular complexity index is 1220. The summed E-state index contributed by atoms with van der Waals surface area (Å²) in [6.45, 7) is 3.58. The van der Waals surface area contributed by atoms with Gasteiger partial charge in [-0.1, -0.05) is 0 Å². The molecule has 0 aliphatic heterocycles. The van der Waals surface area contributed by atoms with Gasteiger partial charge in [-0.15, -0.1) is 0 Å². The molecular weight excluding hydrogens is 426 g/mol. The molecule has 0 radical (unpaired) electrons. The maximum Gasteiger partial charge on any atom is 0.331 e. The van der Waals surface area contributed by atoms with E-state index in [4.69, 9.17) is 23.7 Å². The lowest BCUT2D eigenvalue weighted by atomic mass is 10.0. The lowest BCUT2D eigenvalue weighted by Gasteiger charge is -2.14. The fourth-order valence-electron chi connectivity index (χ4n) is 4.05. The summed E-state index contributed by atoms with van der Waals surface area (Å²) in [4.78, 5) is 11.5. The van der Waals surface area contributed by atoms with Crippen LogP contribution in [0.3, 0.4) is 0 Å². The van der Waals surface area contributed by atoms with Crippen molar-refractivity contribution in [2.45, 2.75) is 13.8 Å². The summed E-state index contributed by atoms with van der Waals surface area (Å²) in [5.41, 5.74) is 4.48. The summed E-state index contributed by atoms with van der Waals surface area (Å²) >= 11 is 0. The van der Waals surface area contributed by atoms with Crippen molar-refractivity contribution in [3.63, 3.8) is 0 Å². The third-order valence-corrected chi connectivity index (χ3v) is 5.56. The van der Waals surface area contributed by atoms with Crippen molar-refractivity contribution in [1.82, 2.24) is 4.57 Å². The molecule has 0 amide bonds. The lowest BCUT2D eigenvalue weighted by molar-refractivity contribution is -0.132. The second-order valence-corrected chi connectivity index (χ2v) is 7.51. The molecule has 176 valence electrons. The highest BCUT2D eigenvalue weighted by atomic mass is 16.7. The Kier molecular flexibility index (Phi) is 7.18. The van der Waals surface area contributed by atoms with Crippen LogP contribution in [0, 0.1) is 6.92 Å². The van der Waals surface area contributed by atoms with Gasteiger partial charge < -0.3 is 33.4 Å². The minimum absolute atomic E-state index is 0.0365. The first-order valence-electron chi connectivity index (χ1n) is 10.2. The average Bonchev–Trinajstić information content (AvgIpc) is 3.07. The smallest absolute Gasteiger partial charge is 0.331 e. The zero-order valence-corrected chi connectivity index (χ0v) is 19.9. The highest BCUT2D eigenvalue weighted by Crippen LogP contribution is 2.46. The zero-order chi connectivity index (χ0) is 24.3. The van der Waals surface area contributed by atoms with Crippen LogP contribution in [0.15, 0.2) is 29.8 Å². The van der Waals surface area contributed by atoms with Crippen LogP contribution in [0.2, 0.25) is 0 Å². The number of aliphatic carboxylic acids is 1. The van der Waals surface area contributed by atoms with Crippen molar-refractivity contribution in [1.29, 1.82) is 0 Å². The second-order valence-electron chi connectivity index (χ2n) is 7.51. The molecule has 1 heterocycles. The van der Waals surface area contributed by atoms with E-state index in [-0.39, 0.29) is 12.4 Å². The Labute approximate surface area is 192 Å². The number of nitrogens with zero attached hydrogens (tertiary/aromatic N) is 1. The molecule has 0 fully saturated rings. The number of ether oxygens (including phenoxy) is 5. The maximum atomic E-state index is 11.5. The first-order valence-corrected chi connectivity index (χ1v) is 10.2. The molecule has 0 unspecified atom stereocenters. The molecule has 3 aromatic rings. The van der Waals surface area contributed by atoms with Gasteiger partial charge in [0.2, 0.25) is 0 Å². The summed E-state index contributed by atoms with van der Waals surface area (Å²) in [5.74, 6) is 1.25. The summed E-state index contributed by atoms with van der Waals surface area (Å²) < 4.78 is 29.6. The first kappa shape index (κ1) is 24.0. The van der Waals surface area contributed by atoms with Gasteiger partial charge in [-0.3, -0.25) is 0 Å². The Balaban J connectivity index is 2.43. The summed E-state index contributed by atoms with van der Waals surface area (Å²) in [6.07, 6.45) is 1.63. The number of carboxylic acids is 1. The van der Waals surface area contributed by atoms with Gasteiger partial charge in [0.15, 0.2) is 29.8 Å². The molecule has 0 aliphatic rings. The third kappa shape index (κ3) is 4.34. The summed E-state index contributed by atoms with van der Waals surface area (Å²) in [6, 6.07) is 7.49. The van der Waals surface area contributed by atoms with E-state index in [0.717, 1.165) is 27.7 Å². The molecule has 0 spiro atoms. The van der Waals surface area contributed by atoms with Gasteiger partial charge >= 0.3 is 5.97 Å². The molecule has 1 N–H and O–H groups in total. The van der Waals surface area contributed by atoms with Crippen molar-refractivity contribution in [2.24, 2.45) is 7.05 Å². The quantitative estimate of drug-likeness (QED) is 0.371. The first-order chi connectivity index (χ1) is 15.8. The number of carboxylic acid groups (broad SMARTS) is 1. The maximum absolute atomic E-state index is 11.5. The van der Waals surface area contributed by atoms with E-state index in [0.29, 0.717) is 28.6 Å². The molecule has 33 heavy (non-hydrogen) atoms. The van der Waals surface area contributed by atoms with Crippen LogP contribution in [0.4, 0.5) is 0 Å². The number of methoxy groups -OCH3 is 4. The SMILES string of the molecule is COCOc1c(OC)cc(/C=C(\C)C(=O)O)c2c1c(C)c(-c1ccc(OC)c(OC)c1)n2C. The van der Waals surface area contributed by atoms with E-state index in [1.54, 1.807) is 47.5 Å². The number of aromatic nitrogens is 1. The molecule has 0 atom stereocenters. The minimum Gasteiger partial charge on any atom is -0.493 e. The number of fused-ring (bicyclic) bond motifs is 1. The van der Waals surface area contributed by atoms with E-state index in [1.165, 1.54) is 0 Å². The van der Waals surface area contributed by atoms with Crippen LogP contribution in [-0.2, 0) is 16.6 Å². The van der Waals surface area contributed by atoms with Gasteiger partial charge in [-0.25, -0.2) is 4.79 Å². The van der Waals surface area contributed by atoms with Crippen LogP contribution in [-0.4, -0.2) is 50.9 Å². The van der Waals surface area contributed by atoms with Gasteiger partial charge in [0.25, 0.3) is 0 Å². The molecule has 2 aromatic carbocycles. The molecule has 8 heteroatoms. The van der Waals surface area contributed by atoms with Crippen molar-refractivity contribution < 1.29 is 33.6 Å². The Hall–Kier alpha value is -3.65. The van der Waals surface area contributed by atoms with E-state index >= 15 is 0 Å². The van der Waals surface area contributed by atoms with Crippen LogP contribution in [0.25, 0.3) is 28.2 Å². The van der Waals surface area contributed by atoms with E-state index in [9.17, 15) is 9.90 Å². The molecule has 0 bridgehead atoms. The Morgan fingerprint density at radius 3 is 2.27 bits per heavy atom. The lowest BCUT2D eigenvalue weighted by Crippen LogP contribution is -2.03. The van der Waals surface area contributed by atoms with Crippen molar-refractivity contribution in [2.75, 3.05) is 35.2 Å². The van der Waals surface area contributed by atoms with E-state index in [1.807, 2.05) is 36.7 Å². The molecule has 0 aliphatic carbocycles. The van der Waals surface area contributed by atoms with Crippen molar-refractivity contribution in [3.05, 3.63) is 41.0 Å². The average molecular weight is 456 g/mol. The van der Waals surface area contributed by atoms with Gasteiger partial charge in [0, 0.05) is 36.2 Å². The number of hydrogen-bond acceptors (Lipinski definition) is 6. The molecule has 8 nitrogen and oxygen atoms in total. The van der Waals surface area contributed by atoms with Crippen LogP contribution >= 0.6 is 0 Å². The summed E-state index contributed by atoms with van der Waals surface area (Å²) in [7, 11) is 8.21. The zero-order valence-electron chi connectivity index (χ0n) is 19.9. The monoisotopic (exact) mass is 455 g/mol. The molecule has 0 saturated heterocycles. The number of carbonyl (C=O) groups is 1. The fourth-order valence-corrected chi connectivity index (χ4v) is 4.05. The highest BCUT2D eigenvalue weighted by molar-refractivity contribution is 6.04. The van der Waals surface area contributed by atoms with Gasteiger partial charge in [0.1, 0.15) is 0 Å². The Morgan fingerprint density at radius 1 is 1.03 bits per heavy atom. The topological polar surface area (TPSA) is 88.4 Å². The van der Waals surface area contributed by atoms with Gasteiger partial charge in [-0.2, -0.15) is 0 Å². The van der Waals surface area contributed by atoms with Crippen LogP contribution in [0.1, 0.15) is 18.1 Å². The molecule has 0 saturated carbocycles. The molecular formula is C25H29NO7. The normalized spacial score (nSPS) is 11.5. The second kappa shape index (κ2) is 9.87. The molecule has 3 rings (SSSR count).